The molecule has 0 aliphatic carbocycles. The van der Waals surface area contributed by atoms with E-state index in [9.17, 15) is 9.59 Å². The van der Waals surface area contributed by atoms with Crippen molar-refractivity contribution in [2.75, 3.05) is 41.2 Å². The molecule has 0 bridgehead atoms. The van der Waals surface area contributed by atoms with E-state index in [1.807, 2.05) is 19.1 Å². The van der Waals surface area contributed by atoms with Crippen LogP contribution in [0.25, 0.3) is 0 Å². The minimum Gasteiger partial charge on any atom is -0.493 e. The number of ether oxygens (including phenoxy) is 6. The molecule has 0 saturated heterocycles. The van der Waals surface area contributed by atoms with Crippen LogP contribution in [0.3, 0.4) is 0 Å². The Hall–Kier alpha value is -3.62. The number of fused-ring (bicyclic) bond motifs is 1. The normalized spacial score (nSPS) is 13.0. The Morgan fingerprint density at radius 3 is 2.23 bits per heavy atom. The van der Waals surface area contributed by atoms with Crippen LogP contribution in [-0.4, -0.2) is 53.0 Å². The molecule has 0 aromatic heterocycles. The summed E-state index contributed by atoms with van der Waals surface area (Å²) >= 11 is 0. The van der Waals surface area contributed by atoms with Gasteiger partial charge in [0.05, 0.1) is 32.9 Å². The summed E-state index contributed by atoms with van der Waals surface area (Å²) in [7, 11) is 4.35. The minimum atomic E-state index is -0.693. The number of carbonyl (C=O) groups is 2. The smallest absolute Gasteiger partial charge is 0.338 e. The van der Waals surface area contributed by atoms with Crippen LogP contribution in [0.5, 0.6) is 28.7 Å². The zero-order chi connectivity index (χ0) is 22.4. The van der Waals surface area contributed by atoms with Crippen molar-refractivity contribution < 1.29 is 38.0 Å². The van der Waals surface area contributed by atoms with Gasteiger partial charge in [0.2, 0.25) is 5.75 Å². The quantitative estimate of drug-likeness (QED) is 0.637. The highest BCUT2D eigenvalue weighted by Gasteiger charge is 2.20. The Kier molecular flexibility index (Phi) is 7.07. The van der Waals surface area contributed by atoms with Crippen molar-refractivity contribution in [3.63, 3.8) is 0 Å². The first-order chi connectivity index (χ1) is 15.0. The average Bonchev–Trinajstić information content (AvgIpc) is 2.80. The summed E-state index contributed by atoms with van der Waals surface area (Å²) in [5, 5.41) is 2.79. The number of hydrogen-bond donors (Lipinski definition) is 1. The second-order valence-electron chi connectivity index (χ2n) is 6.68. The van der Waals surface area contributed by atoms with Gasteiger partial charge >= 0.3 is 5.97 Å². The van der Waals surface area contributed by atoms with Crippen molar-refractivity contribution in [3.8, 4) is 28.7 Å². The highest BCUT2D eigenvalue weighted by Crippen LogP contribution is 2.38. The lowest BCUT2D eigenvalue weighted by molar-refractivity contribution is -0.124. The fraction of sp³-hybridized carbons (Fsp3) is 0.364. The second kappa shape index (κ2) is 9.92. The van der Waals surface area contributed by atoms with Crippen LogP contribution in [0.15, 0.2) is 30.3 Å². The summed E-state index contributed by atoms with van der Waals surface area (Å²) < 4.78 is 31.9. The number of esters is 1. The third-order valence-corrected chi connectivity index (χ3v) is 4.68. The maximum atomic E-state index is 12.4. The SMILES string of the molecule is COc1cc(C(=O)OCC(=O)N[C@H](C)c2ccc3c(c2)OCCO3)cc(OC)c1OC. The Labute approximate surface area is 180 Å². The second-order valence-corrected chi connectivity index (χ2v) is 6.68. The maximum absolute atomic E-state index is 12.4. The predicted octanol–water partition coefficient (Wildman–Crippen LogP) is 2.52. The molecule has 0 unspecified atom stereocenters. The van der Waals surface area contributed by atoms with Gasteiger partial charge in [0.25, 0.3) is 5.91 Å². The van der Waals surface area contributed by atoms with E-state index in [2.05, 4.69) is 5.32 Å². The van der Waals surface area contributed by atoms with Crippen LogP contribution in [-0.2, 0) is 9.53 Å². The fourth-order valence-electron chi connectivity index (χ4n) is 3.11. The van der Waals surface area contributed by atoms with Crippen molar-refractivity contribution in [1.82, 2.24) is 5.32 Å². The van der Waals surface area contributed by atoms with E-state index in [-0.39, 0.29) is 11.6 Å². The summed E-state index contributed by atoms with van der Waals surface area (Å²) in [5.74, 6) is 1.15. The Balaban J connectivity index is 1.60. The van der Waals surface area contributed by atoms with Crippen LogP contribution in [0.2, 0.25) is 0 Å². The molecule has 2 aromatic carbocycles. The van der Waals surface area contributed by atoms with Gasteiger partial charge in [-0.25, -0.2) is 4.79 Å². The standard InChI is InChI=1S/C22H25NO8/c1-13(14-5-6-16-17(9-14)30-8-7-29-16)23-20(24)12-31-22(25)15-10-18(26-2)21(28-4)19(11-15)27-3/h5-6,9-11,13H,7-8,12H2,1-4H3,(H,23,24)/t13-/m1/s1. The Morgan fingerprint density at radius 1 is 0.968 bits per heavy atom. The van der Waals surface area contributed by atoms with Gasteiger partial charge in [0, 0.05) is 0 Å². The molecule has 1 atom stereocenters. The third-order valence-electron chi connectivity index (χ3n) is 4.68. The van der Waals surface area contributed by atoms with E-state index in [0.29, 0.717) is 42.0 Å². The van der Waals surface area contributed by atoms with Crippen LogP contribution >= 0.6 is 0 Å². The highest BCUT2D eigenvalue weighted by atomic mass is 16.6. The van der Waals surface area contributed by atoms with E-state index in [4.69, 9.17) is 28.4 Å². The molecule has 0 radical (unpaired) electrons. The maximum Gasteiger partial charge on any atom is 0.338 e. The predicted molar refractivity (Wildman–Crippen MR) is 110 cm³/mol. The number of amides is 1. The van der Waals surface area contributed by atoms with Gasteiger partial charge in [-0.05, 0) is 36.8 Å². The van der Waals surface area contributed by atoms with Gasteiger partial charge in [-0.2, -0.15) is 0 Å². The molecule has 166 valence electrons. The molecular formula is C22H25NO8. The Bertz CT molecular complexity index is 934. The van der Waals surface area contributed by atoms with Crippen LogP contribution < -0.4 is 29.0 Å². The van der Waals surface area contributed by atoms with Crippen molar-refractivity contribution in [1.29, 1.82) is 0 Å². The summed E-state index contributed by atoms with van der Waals surface area (Å²) in [4.78, 5) is 24.7. The molecule has 0 spiro atoms. The van der Waals surface area contributed by atoms with Crippen molar-refractivity contribution in [3.05, 3.63) is 41.5 Å². The van der Waals surface area contributed by atoms with E-state index in [1.54, 1.807) is 6.07 Å². The van der Waals surface area contributed by atoms with E-state index < -0.39 is 18.5 Å². The summed E-state index contributed by atoms with van der Waals surface area (Å²) in [5.41, 5.74) is 1.01. The molecule has 1 heterocycles. The first-order valence-corrected chi connectivity index (χ1v) is 9.62. The van der Waals surface area contributed by atoms with Crippen LogP contribution in [0, 0.1) is 0 Å². The number of carbonyl (C=O) groups excluding carboxylic acids is 2. The molecule has 3 rings (SSSR count). The first kappa shape index (κ1) is 22.1. The van der Waals surface area contributed by atoms with Gasteiger partial charge in [0.15, 0.2) is 29.6 Å². The lowest BCUT2D eigenvalue weighted by Crippen LogP contribution is -2.31. The van der Waals surface area contributed by atoms with Gasteiger partial charge in [-0.1, -0.05) is 6.07 Å². The number of nitrogens with one attached hydrogen (secondary N) is 1. The molecule has 1 amide bonds. The molecular weight excluding hydrogens is 406 g/mol. The molecule has 31 heavy (non-hydrogen) atoms. The molecule has 0 fully saturated rings. The third kappa shape index (κ3) is 5.11. The molecule has 1 aliphatic rings. The van der Waals surface area contributed by atoms with Gasteiger partial charge in [-0.15, -0.1) is 0 Å². The molecule has 1 N–H and O–H groups in total. The van der Waals surface area contributed by atoms with Crippen molar-refractivity contribution >= 4 is 11.9 Å². The van der Waals surface area contributed by atoms with Gasteiger partial charge in [-0.3, -0.25) is 4.79 Å². The number of methoxy groups -OCH3 is 3. The molecule has 9 nitrogen and oxygen atoms in total. The number of benzene rings is 2. The average molecular weight is 431 g/mol. The van der Waals surface area contributed by atoms with E-state index in [0.717, 1.165) is 5.56 Å². The number of rotatable bonds is 8. The first-order valence-electron chi connectivity index (χ1n) is 9.62. The number of hydrogen-bond acceptors (Lipinski definition) is 8. The van der Waals surface area contributed by atoms with Crippen LogP contribution in [0.1, 0.15) is 28.9 Å². The van der Waals surface area contributed by atoms with E-state index >= 15 is 0 Å². The van der Waals surface area contributed by atoms with Crippen molar-refractivity contribution in [2.45, 2.75) is 13.0 Å². The Morgan fingerprint density at radius 2 is 1.61 bits per heavy atom. The van der Waals surface area contributed by atoms with Crippen LogP contribution in [0.4, 0.5) is 0 Å². The summed E-state index contributed by atoms with van der Waals surface area (Å²) in [6, 6.07) is 8.07. The summed E-state index contributed by atoms with van der Waals surface area (Å²) in [6.07, 6.45) is 0. The summed E-state index contributed by atoms with van der Waals surface area (Å²) in [6.45, 7) is 2.37. The topological polar surface area (TPSA) is 102 Å². The highest BCUT2D eigenvalue weighted by molar-refractivity contribution is 5.92. The van der Waals surface area contributed by atoms with Gasteiger partial charge < -0.3 is 33.7 Å². The lowest BCUT2D eigenvalue weighted by Gasteiger charge is -2.21. The molecule has 9 heteroatoms. The van der Waals surface area contributed by atoms with Gasteiger partial charge in [0.1, 0.15) is 13.2 Å². The minimum absolute atomic E-state index is 0.169. The molecule has 0 saturated carbocycles. The largest absolute Gasteiger partial charge is 0.493 e. The molecule has 1 aliphatic heterocycles. The fourth-order valence-corrected chi connectivity index (χ4v) is 3.11. The molecule has 2 aromatic rings. The van der Waals surface area contributed by atoms with Crippen molar-refractivity contribution in [2.24, 2.45) is 0 Å². The monoisotopic (exact) mass is 431 g/mol. The zero-order valence-corrected chi connectivity index (χ0v) is 17.9. The lowest BCUT2D eigenvalue weighted by atomic mass is 10.1. The van der Waals surface area contributed by atoms with E-state index in [1.165, 1.54) is 33.5 Å². The zero-order valence-electron chi connectivity index (χ0n) is 17.9.